The molecule has 0 aliphatic carbocycles. The molecule has 1 saturated heterocycles. The third kappa shape index (κ3) is 2.62. The molecule has 1 aromatic rings. The van der Waals surface area contributed by atoms with Crippen LogP contribution in [-0.2, 0) is 9.53 Å². The van der Waals surface area contributed by atoms with Crippen molar-refractivity contribution >= 4 is 23.0 Å². The van der Waals surface area contributed by atoms with Crippen LogP contribution < -0.4 is 0 Å². The van der Waals surface area contributed by atoms with Crippen molar-refractivity contribution in [1.82, 2.24) is 4.90 Å². The minimum absolute atomic E-state index is 0.655. The lowest BCUT2D eigenvalue weighted by atomic mass is 10.2. The molecule has 0 aromatic carbocycles. The van der Waals surface area contributed by atoms with E-state index in [0.717, 1.165) is 23.7 Å². The second-order valence-corrected chi connectivity index (χ2v) is 4.39. The Morgan fingerprint density at radius 2 is 2.25 bits per heavy atom. The Bertz CT molecular complexity index is 380. The highest BCUT2D eigenvalue weighted by atomic mass is 32.1. The maximum atomic E-state index is 10.8. The van der Waals surface area contributed by atoms with Crippen molar-refractivity contribution in [2.24, 2.45) is 0 Å². The van der Waals surface area contributed by atoms with Crippen LogP contribution in [0.5, 0.6) is 0 Å². The van der Waals surface area contributed by atoms with Crippen molar-refractivity contribution < 1.29 is 14.6 Å². The van der Waals surface area contributed by atoms with Crippen LogP contribution in [0.2, 0.25) is 0 Å². The monoisotopic (exact) mass is 239 g/mol. The Labute approximate surface area is 97.8 Å². The van der Waals surface area contributed by atoms with Gasteiger partial charge in [0, 0.05) is 19.2 Å². The van der Waals surface area contributed by atoms with Crippen molar-refractivity contribution in [1.29, 1.82) is 0 Å². The number of morpholine rings is 1. The number of ether oxygens (including phenoxy) is 1. The molecule has 0 amide bonds. The Kier molecular flexibility index (Phi) is 3.58. The molecule has 0 radical (unpaired) electrons. The minimum atomic E-state index is -0.908. The van der Waals surface area contributed by atoms with Gasteiger partial charge < -0.3 is 14.7 Å². The van der Waals surface area contributed by atoms with Gasteiger partial charge in [0.15, 0.2) is 0 Å². The summed E-state index contributed by atoms with van der Waals surface area (Å²) in [5.41, 5.74) is 0.783. The molecule has 5 heteroatoms. The van der Waals surface area contributed by atoms with E-state index in [1.165, 1.54) is 6.08 Å². The summed E-state index contributed by atoms with van der Waals surface area (Å²) in [4.78, 5) is 13.9. The van der Waals surface area contributed by atoms with Crippen LogP contribution in [0.3, 0.4) is 0 Å². The van der Waals surface area contributed by atoms with Crippen LogP contribution in [0.15, 0.2) is 23.6 Å². The number of aliphatic carboxylic acids is 1. The third-order valence-corrected chi connectivity index (χ3v) is 3.28. The molecule has 0 spiro atoms. The quantitative estimate of drug-likeness (QED) is 0.812. The summed E-state index contributed by atoms with van der Waals surface area (Å²) in [6, 6.07) is 3.87. The van der Waals surface area contributed by atoms with Gasteiger partial charge >= 0.3 is 5.97 Å². The first-order valence-corrected chi connectivity index (χ1v) is 5.96. The summed E-state index contributed by atoms with van der Waals surface area (Å²) in [5, 5.41) is 10.8. The summed E-state index contributed by atoms with van der Waals surface area (Å²) in [7, 11) is 0. The third-order valence-electron chi connectivity index (χ3n) is 2.39. The number of carbonyl (C=O) groups is 1. The Hall–Kier alpha value is -1.33. The van der Waals surface area contributed by atoms with Gasteiger partial charge in [0.1, 0.15) is 0 Å². The Morgan fingerprint density at radius 1 is 1.50 bits per heavy atom. The molecule has 1 N–H and O–H groups in total. The number of rotatable bonds is 3. The van der Waals surface area contributed by atoms with Crippen LogP contribution in [0.1, 0.15) is 4.88 Å². The fraction of sp³-hybridized carbons (Fsp3) is 0.364. The lowest BCUT2D eigenvalue weighted by Crippen LogP contribution is -2.35. The van der Waals surface area contributed by atoms with E-state index >= 15 is 0 Å². The number of hydrogen-bond donors (Lipinski definition) is 1. The fourth-order valence-electron chi connectivity index (χ4n) is 1.66. The van der Waals surface area contributed by atoms with Crippen LogP contribution in [-0.4, -0.2) is 42.3 Å². The minimum Gasteiger partial charge on any atom is -0.478 e. The molecule has 0 bridgehead atoms. The number of thiophene rings is 1. The Balaban J connectivity index is 2.24. The largest absolute Gasteiger partial charge is 0.478 e. The van der Waals surface area contributed by atoms with E-state index in [1.54, 1.807) is 11.3 Å². The second-order valence-electron chi connectivity index (χ2n) is 3.44. The molecule has 0 saturated carbocycles. The zero-order chi connectivity index (χ0) is 11.4. The van der Waals surface area contributed by atoms with Gasteiger partial charge in [-0.05, 0) is 11.4 Å². The zero-order valence-corrected chi connectivity index (χ0v) is 9.57. The number of carboxylic acid groups (broad SMARTS) is 1. The van der Waals surface area contributed by atoms with Crippen LogP contribution in [0.4, 0.5) is 0 Å². The normalized spacial score (nSPS) is 17.5. The van der Waals surface area contributed by atoms with Crippen LogP contribution in [0.25, 0.3) is 5.70 Å². The van der Waals surface area contributed by atoms with Gasteiger partial charge in [0.25, 0.3) is 0 Å². The van der Waals surface area contributed by atoms with Gasteiger partial charge in [-0.1, -0.05) is 6.07 Å². The molecular weight excluding hydrogens is 226 g/mol. The van der Waals surface area contributed by atoms with Crippen molar-refractivity contribution in [2.45, 2.75) is 0 Å². The summed E-state index contributed by atoms with van der Waals surface area (Å²) >= 11 is 1.55. The van der Waals surface area contributed by atoms with Gasteiger partial charge in [0.05, 0.1) is 23.8 Å². The molecular formula is C11H13NO3S. The lowest BCUT2D eigenvalue weighted by Gasteiger charge is -2.30. The molecule has 16 heavy (non-hydrogen) atoms. The predicted octanol–water partition coefficient (Wildman–Crippen LogP) is 1.51. The average Bonchev–Trinajstić information content (AvgIpc) is 2.80. The van der Waals surface area contributed by atoms with E-state index in [4.69, 9.17) is 9.84 Å². The lowest BCUT2D eigenvalue weighted by molar-refractivity contribution is -0.131. The second kappa shape index (κ2) is 5.14. The maximum absolute atomic E-state index is 10.8. The zero-order valence-electron chi connectivity index (χ0n) is 8.76. The molecule has 1 aliphatic heterocycles. The highest BCUT2D eigenvalue weighted by Gasteiger charge is 2.16. The van der Waals surface area contributed by atoms with Gasteiger partial charge in [-0.25, -0.2) is 4.79 Å². The highest BCUT2D eigenvalue weighted by molar-refractivity contribution is 7.11. The molecule has 4 nitrogen and oxygen atoms in total. The van der Waals surface area contributed by atoms with E-state index in [9.17, 15) is 4.79 Å². The van der Waals surface area contributed by atoms with E-state index in [-0.39, 0.29) is 0 Å². The fourth-order valence-corrected chi connectivity index (χ4v) is 2.43. The highest BCUT2D eigenvalue weighted by Crippen LogP contribution is 2.24. The van der Waals surface area contributed by atoms with E-state index in [2.05, 4.69) is 4.90 Å². The average molecular weight is 239 g/mol. The number of nitrogens with zero attached hydrogens (tertiary/aromatic N) is 1. The molecule has 2 rings (SSSR count). The van der Waals surface area contributed by atoms with Crippen LogP contribution >= 0.6 is 11.3 Å². The number of hydrogen-bond acceptors (Lipinski definition) is 4. The maximum Gasteiger partial charge on any atom is 0.330 e. The molecule has 2 heterocycles. The van der Waals surface area contributed by atoms with E-state index in [1.807, 2.05) is 17.5 Å². The number of carboxylic acids is 1. The van der Waals surface area contributed by atoms with Crippen molar-refractivity contribution in [3.63, 3.8) is 0 Å². The molecule has 86 valence electrons. The first kappa shape index (κ1) is 11.2. The SMILES string of the molecule is O=C(O)C=C(c1cccs1)N1CCOCC1. The van der Waals surface area contributed by atoms with Crippen LogP contribution in [0, 0.1) is 0 Å². The van der Waals surface area contributed by atoms with Crippen molar-refractivity contribution in [3.8, 4) is 0 Å². The van der Waals surface area contributed by atoms with Gasteiger partial charge in [0.2, 0.25) is 0 Å². The Morgan fingerprint density at radius 3 is 2.81 bits per heavy atom. The molecule has 0 unspecified atom stereocenters. The van der Waals surface area contributed by atoms with Gasteiger partial charge in [-0.2, -0.15) is 0 Å². The summed E-state index contributed by atoms with van der Waals surface area (Å²) < 4.78 is 5.26. The molecule has 1 aliphatic rings. The smallest absolute Gasteiger partial charge is 0.330 e. The van der Waals surface area contributed by atoms with Gasteiger partial charge in [-0.3, -0.25) is 0 Å². The molecule has 0 atom stereocenters. The molecule has 1 fully saturated rings. The first-order valence-electron chi connectivity index (χ1n) is 5.08. The summed E-state index contributed by atoms with van der Waals surface area (Å²) in [5.74, 6) is -0.908. The topological polar surface area (TPSA) is 49.8 Å². The molecule has 1 aromatic heterocycles. The summed E-state index contributed by atoms with van der Waals surface area (Å²) in [6.07, 6.45) is 1.27. The predicted molar refractivity (Wildman–Crippen MR) is 62.3 cm³/mol. The standard InChI is InChI=1S/C11H13NO3S/c13-11(14)8-9(10-2-1-7-16-10)12-3-5-15-6-4-12/h1-2,7-8H,3-6H2,(H,13,14). The van der Waals surface area contributed by atoms with E-state index < -0.39 is 5.97 Å². The van der Waals surface area contributed by atoms with Crippen molar-refractivity contribution in [2.75, 3.05) is 26.3 Å². The van der Waals surface area contributed by atoms with E-state index in [0.29, 0.717) is 13.2 Å². The first-order chi connectivity index (χ1) is 7.77. The van der Waals surface area contributed by atoms with Crippen molar-refractivity contribution in [3.05, 3.63) is 28.5 Å². The van der Waals surface area contributed by atoms with Gasteiger partial charge in [-0.15, -0.1) is 11.3 Å². The summed E-state index contributed by atoms with van der Waals surface area (Å²) in [6.45, 7) is 2.80.